The lowest BCUT2D eigenvalue weighted by Gasteiger charge is -2.13. The molecule has 0 aromatic heterocycles. The van der Waals surface area contributed by atoms with E-state index >= 15 is 0 Å². The van der Waals surface area contributed by atoms with Gasteiger partial charge in [0.2, 0.25) is 0 Å². The van der Waals surface area contributed by atoms with Gasteiger partial charge in [-0.2, -0.15) is 0 Å². The molecule has 0 heterocycles. The van der Waals surface area contributed by atoms with Gasteiger partial charge in [-0.1, -0.05) is 42.8 Å². The Balaban J connectivity index is 2.18. The molecule has 0 saturated carbocycles. The normalized spacial score (nSPS) is 10.6. The molecule has 0 fully saturated rings. The van der Waals surface area contributed by atoms with Crippen molar-refractivity contribution in [2.24, 2.45) is 0 Å². The molecule has 2 nitrogen and oxygen atoms in total. The van der Waals surface area contributed by atoms with Crippen molar-refractivity contribution in [1.29, 1.82) is 0 Å². The molecule has 0 aliphatic rings. The maximum Gasteiger partial charge on any atom is 0.146 e. The first-order chi connectivity index (χ1) is 9.70. The number of hydrogen-bond acceptors (Lipinski definition) is 2. The molecule has 0 saturated heterocycles. The molecule has 0 aliphatic carbocycles. The van der Waals surface area contributed by atoms with Crippen LogP contribution in [0.15, 0.2) is 42.5 Å². The highest BCUT2D eigenvalue weighted by Gasteiger charge is 2.07. The van der Waals surface area contributed by atoms with Gasteiger partial charge in [0.25, 0.3) is 0 Å². The average Bonchev–Trinajstić information content (AvgIpc) is 2.45. The Kier molecular flexibility index (Phi) is 5.45. The van der Waals surface area contributed by atoms with Gasteiger partial charge in [0.1, 0.15) is 11.5 Å². The predicted molar refractivity (Wildman–Crippen MR) is 84.7 cm³/mol. The number of aryl methyl sites for hydroxylation is 1. The van der Waals surface area contributed by atoms with Crippen LogP contribution in [0.3, 0.4) is 0 Å². The molecule has 3 heteroatoms. The third-order valence-corrected chi connectivity index (χ3v) is 3.33. The van der Waals surface area contributed by atoms with Crippen molar-refractivity contribution in [3.05, 3.63) is 58.6 Å². The second-order valence-corrected chi connectivity index (χ2v) is 5.23. The summed E-state index contributed by atoms with van der Waals surface area (Å²) in [6.07, 6.45) is 1.12. The highest BCUT2D eigenvalue weighted by atomic mass is 35.5. The van der Waals surface area contributed by atoms with Gasteiger partial charge in [0, 0.05) is 12.1 Å². The van der Waals surface area contributed by atoms with Crippen LogP contribution in [0.1, 0.15) is 24.5 Å². The van der Waals surface area contributed by atoms with Crippen LogP contribution < -0.4 is 10.1 Å². The Morgan fingerprint density at radius 3 is 2.70 bits per heavy atom. The highest BCUT2D eigenvalue weighted by molar-refractivity contribution is 6.32. The number of hydrogen-bond donors (Lipinski definition) is 1. The second kappa shape index (κ2) is 7.32. The number of ether oxygens (including phenoxy) is 1. The van der Waals surface area contributed by atoms with E-state index in [9.17, 15) is 0 Å². The molecular weight excluding hydrogens is 270 g/mol. The minimum atomic E-state index is 0.631. The molecule has 1 N–H and O–H groups in total. The fourth-order valence-electron chi connectivity index (χ4n) is 1.96. The van der Waals surface area contributed by atoms with Crippen LogP contribution in [-0.2, 0) is 6.54 Å². The molecule has 0 spiro atoms. The quantitative estimate of drug-likeness (QED) is 0.761. The summed E-state index contributed by atoms with van der Waals surface area (Å²) in [6, 6.07) is 13.8. The largest absolute Gasteiger partial charge is 0.455 e. The topological polar surface area (TPSA) is 21.3 Å². The number of halogens is 1. The fraction of sp³-hybridized carbons (Fsp3) is 0.294. The first-order valence-electron chi connectivity index (χ1n) is 6.93. The van der Waals surface area contributed by atoms with E-state index in [-0.39, 0.29) is 0 Å². The summed E-state index contributed by atoms with van der Waals surface area (Å²) in [4.78, 5) is 0. The Morgan fingerprint density at radius 1 is 1.10 bits per heavy atom. The van der Waals surface area contributed by atoms with Gasteiger partial charge in [0.05, 0.1) is 5.02 Å². The fourth-order valence-corrected chi connectivity index (χ4v) is 2.11. The summed E-state index contributed by atoms with van der Waals surface area (Å²) in [6.45, 7) is 5.98. The molecule has 0 bridgehead atoms. The third kappa shape index (κ3) is 3.99. The molecule has 0 atom stereocenters. The van der Waals surface area contributed by atoms with Crippen LogP contribution in [-0.4, -0.2) is 6.54 Å². The molecule has 0 radical (unpaired) electrons. The van der Waals surface area contributed by atoms with Crippen LogP contribution in [0.2, 0.25) is 5.02 Å². The molecular formula is C17H20ClNO. The molecule has 20 heavy (non-hydrogen) atoms. The van der Waals surface area contributed by atoms with Crippen molar-refractivity contribution < 1.29 is 4.74 Å². The number of benzene rings is 2. The molecule has 0 aliphatic heterocycles. The minimum absolute atomic E-state index is 0.631. The van der Waals surface area contributed by atoms with Crippen molar-refractivity contribution in [1.82, 2.24) is 5.32 Å². The third-order valence-electron chi connectivity index (χ3n) is 3.02. The summed E-state index contributed by atoms with van der Waals surface area (Å²) < 4.78 is 5.98. The van der Waals surface area contributed by atoms with E-state index in [1.54, 1.807) is 0 Å². The van der Waals surface area contributed by atoms with Crippen LogP contribution in [0, 0.1) is 6.92 Å². The molecule has 0 unspecified atom stereocenters. The Labute approximate surface area is 125 Å². The van der Waals surface area contributed by atoms with Crippen molar-refractivity contribution in [2.75, 3.05) is 6.54 Å². The smallest absolute Gasteiger partial charge is 0.146 e. The summed E-state index contributed by atoms with van der Waals surface area (Å²) in [5.41, 5.74) is 2.27. The van der Waals surface area contributed by atoms with Crippen LogP contribution in [0.25, 0.3) is 0 Å². The zero-order chi connectivity index (χ0) is 14.4. The lowest BCUT2D eigenvalue weighted by Crippen LogP contribution is -2.14. The number of rotatable bonds is 6. The van der Waals surface area contributed by atoms with Gasteiger partial charge < -0.3 is 10.1 Å². The zero-order valence-electron chi connectivity index (χ0n) is 11.9. The van der Waals surface area contributed by atoms with Crippen molar-refractivity contribution in [3.8, 4) is 11.5 Å². The maximum absolute atomic E-state index is 6.18. The second-order valence-electron chi connectivity index (χ2n) is 4.82. The van der Waals surface area contributed by atoms with E-state index in [1.807, 2.05) is 43.3 Å². The standard InChI is InChI=1S/C17H20ClNO/c1-3-10-19-12-14-6-4-5-7-16(14)20-17-11-13(2)8-9-15(17)18/h4-9,11,19H,3,10,12H2,1-2H3. The van der Waals surface area contributed by atoms with E-state index in [2.05, 4.69) is 18.3 Å². The number of para-hydroxylation sites is 1. The van der Waals surface area contributed by atoms with Gasteiger partial charge in [-0.15, -0.1) is 0 Å². The first kappa shape index (κ1) is 14.9. The van der Waals surface area contributed by atoms with Crippen LogP contribution >= 0.6 is 11.6 Å². The molecule has 2 rings (SSSR count). The van der Waals surface area contributed by atoms with E-state index in [4.69, 9.17) is 16.3 Å². The predicted octanol–water partition coefficient (Wildman–Crippen LogP) is 4.94. The van der Waals surface area contributed by atoms with Crippen LogP contribution in [0.4, 0.5) is 0 Å². The van der Waals surface area contributed by atoms with Gasteiger partial charge in [-0.05, 0) is 43.7 Å². The van der Waals surface area contributed by atoms with E-state index in [0.29, 0.717) is 10.8 Å². The summed E-state index contributed by atoms with van der Waals surface area (Å²) >= 11 is 6.18. The van der Waals surface area contributed by atoms with Crippen LogP contribution in [0.5, 0.6) is 11.5 Å². The lowest BCUT2D eigenvalue weighted by molar-refractivity contribution is 0.472. The van der Waals surface area contributed by atoms with Gasteiger partial charge in [-0.3, -0.25) is 0 Å². The Bertz CT molecular complexity index is 569. The number of nitrogens with one attached hydrogen (secondary N) is 1. The van der Waals surface area contributed by atoms with E-state index in [1.165, 1.54) is 0 Å². The summed E-state index contributed by atoms with van der Waals surface area (Å²) in [5.74, 6) is 1.55. The summed E-state index contributed by atoms with van der Waals surface area (Å²) in [5, 5.41) is 4.02. The van der Waals surface area contributed by atoms with Gasteiger partial charge >= 0.3 is 0 Å². The van der Waals surface area contributed by atoms with Crippen molar-refractivity contribution >= 4 is 11.6 Å². The highest BCUT2D eigenvalue weighted by Crippen LogP contribution is 2.31. The Hall–Kier alpha value is -1.51. The SMILES string of the molecule is CCCNCc1ccccc1Oc1cc(C)ccc1Cl. The molecule has 2 aromatic rings. The average molecular weight is 290 g/mol. The summed E-state index contributed by atoms with van der Waals surface area (Å²) in [7, 11) is 0. The van der Waals surface area contributed by atoms with Gasteiger partial charge in [-0.25, -0.2) is 0 Å². The van der Waals surface area contributed by atoms with Gasteiger partial charge in [0.15, 0.2) is 0 Å². The van der Waals surface area contributed by atoms with E-state index < -0.39 is 0 Å². The maximum atomic E-state index is 6.18. The monoisotopic (exact) mass is 289 g/mol. The molecule has 2 aromatic carbocycles. The zero-order valence-corrected chi connectivity index (χ0v) is 12.7. The lowest BCUT2D eigenvalue weighted by atomic mass is 10.2. The minimum Gasteiger partial charge on any atom is -0.455 e. The first-order valence-corrected chi connectivity index (χ1v) is 7.31. The van der Waals surface area contributed by atoms with E-state index in [0.717, 1.165) is 36.4 Å². The Morgan fingerprint density at radius 2 is 1.90 bits per heavy atom. The molecule has 106 valence electrons. The van der Waals surface area contributed by atoms with Crippen molar-refractivity contribution in [3.63, 3.8) is 0 Å². The van der Waals surface area contributed by atoms with Crippen molar-refractivity contribution in [2.45, 2.75) is 26.8 Å². The molecule has 0 amide bonds.